The summed E-state index contributed by atoms with van der Waals surface area (Å²) in [7, 11) is -5.94. The maximum Gasteiger partial charge on any atom is 0.335 e. The van der Waals surface area contributed by atoms with E-state index in [0.29, 0.717) is 31.7 Å². The number of anilines is 1. The summed E-state index contributed by atoms with van der Waals surface area (Å²) in [6.07, 6.45) is 10.8. The summed E-state index contributed by atoms with van der Waals surface area (Å²) < 4.78 is 41.7. The molecule has 1 aromatic heterocycles. The Morgan fingerprint density at radius 1 is 1.09 bits per heavy atom. The van der Waals surface area contributed by atoms with Gasteiger partial charge in [-0.15, -0.1) is 0 Å². The van der Waals surface area contributed by atoms with E-state index in [1.165, 1.54) is 23.5 Å². The Hall–Kier alpha value is -2.99. The van der Waals surface area contributed by atoms with Crippen molar-refractivity contribution in [2.45, 2.75) is 119 Å². The number of hydrogen-bond acceptors (Lipinski definition) is 8. The molecule has 1 spiro atoms. The van der Waals surface area contributed by atoms with Crippen molar-refractivity contribution in [1.82, 2.24) is 9.97 Å². The lowest BCUT2D eigenvalue weighted by Gasteiger charge is -2.52. The third-order valence-corrected chi connectivity index (χ3v) is 20.0. The first-order chi connectivity index (χ1) is 25.1. The number of ether oxygens (including phenoxy) is 1. The Labute approximate surface area is 320 Å². The lowest BCUT2D eigenvalue weighted by atomic mass is 9.65. The second-order valence-electron chi connectivity index (χ2n) is 17.6. The van der Waals surface area contributed by atoms with Gasteiger partial charge in [0.1, 0.15) is 5.75 Å². The maximum absolute atomic E-state index is 13.8. The summed E-state index contributed by atoms with van der Waals surface area (Å²) in [5, 5.41) is 10.1. The minimum Gasteiger partial charge on any atom is -0.490 e. The van der Waals surface area contributed by atoms with Crippen LogP contribution in [0.15, 0.2) is 60.0 Å². The number of sulfone groups is 1. The third-order valence-electron chi connectivity index (χ3n) is 13.2. The van der Waals surface area contributed by atoms with Crippen LogP contribution in [0, 0.1) is 17.8 Å². The highest BCUT2D eigenvalue weighted by molar-refractivity contribution is 7.91. The molecular formula is C41H54ClN3O6SSi. The molecule has 1 aliphatic heterocycles. The first-order valence-electron chi connectivity index (χ1n) is 19.3. The molecule has 1 unspecified atom stereocenters. The number of fused-ring (bicyclic) bond motifs is 3. The number of hydrogen-bond donors (Lipinski definition) is 1. The molecule has 1 N–H and O–H groups in total. The molecule has 2 saturated carbocycles. The van der Waals surface area contributed by atoms with Crippen molar-refractivity contribution < 1.29 is 27.5 Å². The van der Waals surface area contributed by atoms with Crippen LogP contribution in [-0.2, 0) is 26.1 Å². The Bertz CT molecular complexity index is 1940. The van der Waals surface area contributed by atoms with Crippen molar-refractivity contribution in [3.05, 3.63) is 76.6 Å². The molecule has 2 heterocycles. The number of halogens is 1. The lowest BCUT2D eigenvalue weighted by Crippen LogP contribution is -2.54. The first-order valence-corrected chi connectivity index (χ1v) is 24.1. The van der Waals surface area contributed by atoms with Crippen LogP contribution in [0.25, 0.3) is 0 Å². The molecule has 2 aromatic carbocycles. The number of rotatable bonds is 9. The molecule has 4 aliphatic rings. The zero-order chi connectivity index (χ0) is 37.8. The van der Waals surface area contributed by atoms with Gasteiger partial charge in [-0.25, -0.2) is 23.2 Å². The normalized spacial score (nSPS) is 26.8. The van der Waals surface area contributed by atoms with Crippen molar-refractivity contribution in [1.29, 1.82) is 0 Å². The molecule has 0 radical (unpaired) electrons. The predicted molar refractivity (Wildman–Crippen MR) is 210 cm³/mol. The number of carboxylic acids is 1. The Morgan fingerprint density at radius 3 is 2.57 bits per heavy atom. The molecule has 6 atom stereocenters. The van der Waals surface area contributed by atoms with E-state index in [4.69, 9.17) is 20.8 Å². The van der Waals surface area contributed by atoms with E-state index in [1.807, 2.05) is 12.1 Å². The van der Waals surface area contributed by atoms with Crippen LogP contribution in [0.1, 0.15) is 93.6 Å². The standard InChI is InChI=1S/C41H54ClN3O6SSi/c1-40(2,3)53(4,5)51-37(28-9-6-11-32(22-28)52(48,49)39-43-19-8-20-44-39)33-15-12-30(33)24-45-25-41(18-7-10-27-21-31(42)14-16-34(27)41)26-50-36-17-13-29(38(46)47)23-35(36)45/h8,13-14,16-17,19-21,23,28,30,32-33,37H,6-7,9-12,15,18,22,24-26H2,1-5H3,(H,46,47)/t28-,30+,32-,33-,37-,41?/m1/s1. The van der Waals surface area contributed by atoms with E-state index in [-0.39, 0.29) is 45.0 Å². The molecule has 53 heavy (non-hydrogen) atoms. The fourth-order valence-corrected chi connectivity index (χ4v) is 12.5. The summed E-state index contributed by atoms with van der Waals surface area (Å²) in [4.78, 5) is 22.9. The summed E-state index contributed by atoms with van der Waals surface area (Å²) in [5.74, 6) is 0.364. The smallest absolute Gasteiger partial charge is 0.335 e. The highest BCUT2D eigenvalue weighted by Crippen LogP contribution is 2.51. The predicted octanol–water partition coefficient (Wildman–Crippen LogP) is 8.75. The zero-order valence-corrected chi connectivity index (χ0v) is 34.3. The topological polar surface area (TPSA) is 119 Å². The van der Waals surface area contributed by atoms with Gasteiger partial charge in [0.25, 0.3) is 0 Å². The number of nitrogens with zero attached hydrogens (tertiary/aromatic N) is 3. The van der Waals surface area contributed by atoms with Crippen LogP contribution in [-0.4, -0.2) is 68.8 Å². The highest BCUT2D eigenvalue weighted by atomic mass is 35.5. The zero-order valence-electron chi connectivity index (χ0n) is 31.7. The Balaban J connectivity index is 1.22. The van der Waals surface area contributed by atoms with Gasteiger partial charge in [0.15, 0.2) is 8.32 Å². The van der Waals surface area contributed by atoms with Gasteiger partial charge in [-0.2, -0.15) is 0 Å². The molecular weight excluding hydrogens is 726 g/mol. The molecule has 7 rings (SSSR count). The number of aryl methyl sites for hydroxylation is 1. The maximum atomic E-state index is 13.8. The van der Waals surface area contributed by atoms with E-state index in [1.54, 1.807) is 18.2 Å². The number of aromatic nitrogens is 2. The number of carboxylic acid groups (broad SMARTS) is 1. The number of aromatic carboxylic acids is 1. The van der Waals surface area contributed by atoms with E-state index in [0.717, 1.165) is 62.2 Å². The summed E-state index contributed by atoms with van der Waals surface area (Å²) >= 11 is 6.48. The first kappa shape index (κ1) is 38.3. The molecule has 9 nitrogen and oxygen atoms in total. The second kappa shape index (κ2) is 14.6. The summed E-state index contributed by atoms with van der Waals surface area (Å²) in [5.41, 5.74) is 3.32. The molecule has 3 aliphatic carbocycles. The molecule has 0 amide bonds. The molecule has 0 saturated heterocycles. The van der Waals surface area contributed by atoms with Crippen molar-refractivity contribution in [3.63, 3.8) is 0 Å². The largest absolute Gasteiger partial charge is 0.490 e. The van der Waals surface area contributed by atoms with Gasteiger partial charge in [0.2, 0.25) is 15.0 Å². The number of benzene rings is 2. The van der Waals surface area contributed by atoms with Gasteiger partial charge in [-0.3, -0.25) is 0 Å². The molecule has 3 aromatic rings. The van der Waals surface area contributed by atoms with E-state index in [2.05, 4.69) is 60.9 Å². The summed E-state index contributed by atoms with van der Waals surface area (Å²) in [6.45, 7) is 13.3. The molecule has 286 valence electrons. The van der Waals surface area contributed by atoms with E-state index < -0.39 is 29.4 Å². The van der Waals surface area contributed by atoms with E-state index >= 15 is 0 Å². The summed E-state index contributed by atoms with van der Waals surface area (Å²) in [6, 6.07) is 13.1. The average Bonchev–Trinajstić information content (AvgIpc) is 3.26. The quantitative estimate of drug-likeness (QED) is 0.168. The van der Waals surface area contributed by atoms with E-state index in [9.17, 15) is 18.3 Å². The SMILES string of the molecule is CC(C)(C)[Si](C)(C)O[C@H]([C@@H]1CCC[C@@H](S(=O)(=O)c2ncccn2)C1)[C@@H]1CC[C@H]1CN1CC2(CCCc3cc(Cl)ccc32)COc2ccc(C(=O)O)cc21. The van der Waals surface area contributed by atoms with Gasteiger partial charge in [0.05, 0.1) is 29.2 Å². The number of carbonyl (C=O) groups is 1. The van der Waals surface area contributed by atoms with Crippen LogP contribution in [0.3, 0.4) is 0 Å². The van der Waals surface area contributed by atoms with Crippen molar-refractivity contribution in [2.24, 2.45) is 17.8 Å². The highest BCUT2D eigenvalue weighted by Gasteiger charge is 2.50. The van der Waals surface area contributed by atoms with Gasteiger partial charge >= 0.3 is 5.97 Å². The lowest BCUT2D eigenvalue weighted by molar-refractivity contribution is -0.0227. The van der Waals surface area contributed by atoms with Gasteiger partial charge in [-0.1, -0.05) is 44.9 Å². The monoisotopic (exact) mass is 779 g/mol. The Kier molecular flexibility index (Phi) is 10.5. The second-order valence-corrected chi connectivity index (χ2v) is 24.9. The fourth-order valence-electron chi connectivity index (χ4n) is 9.18. The van der Waals surface area contributed by atoms with Crippen molar-refractivity contribution in [2.75, 3.05) is 24.6 Å². The van der Waals surface area contributed by atoms with Crippen LogP contribution < -0.4 is 9.64 Å². The average molecular weight is 781 g/mol. The van der Waals surface area contributed by atoms with Crippen LogP contribution in [0.5, 0.6) is 5.75 Å². The molecule has 12 heteroatoms. The Morgan fingerprint density at radius 2 is 1.87 bits per heavy atom. The van der Waals surface area contributed by atoms with Gasteiger partial charge in [0, 0.05) is 35.9 Å². The molecule has 2 fully saturated rings. The van der Waals surface area contributed by atoms with Crippen LogP contribution >= 0.6 is 11.6 Å². The molecule has 0 bridgehead atoms. The van der Waals surface area contributed by atoms with Crippen LogP contribution in [0.2, 0.25) is 23.2 Å². The minimum absolute atomic E-state index is 0.0134. The van der Waals surface area contributed by atoms with Crippen LogP contribution in [0.4, 0.5) is 5.69 Å². The minimum atomic E-state index is -3.69. The van der Waals surface area contributed by atoms with Gasteiger partial charge in [-0.05, 0) is 135 Å². The van der Waals surface area contributed by atoms with Crippen molar-refractivity contribution in [3.8, 4) is 5.75 Å². The van der Waals surface area contributed by atoms with Gasteiger partial charge < -0.3 is 19.2 Å². The third kappa shape index (κ3) is 7.52. The van der Waals surface area contributed by atoms with Crippen molar-refractivity contribution >= 4 is 41.4 Å². The fraction of sp³-hybridized carbons (Fsp3) is 0.585.